The molecule has 0 spiro atoms. The van der Waals surface area contributed by atoms with Crippen LogP contribution in [0.4, 0.5) is 14.9 Å². The first-order valence-corrected chi connectivity index (χ1v) is 7.61. The molecule has 0 radical (unpaired) electrons. The number of carboxylic acid groups (broad SMARTS) is 1. The van der Waals surface area contributed by atoms with Crippen LogP contribution >= 0.6 is 0 Å². The number of carbonyl (C=O) groups excluding carboxylic acids is 1. The summed E-state index contributed by atoms with van der Waals surface area (Å²) in [5, 5.41) is 22.0. The number of fused-ring (bicyclic) bond motifs is 1. The Kier molecular flexibility index (Phi) is 4.11. The Morgan fingerprint density at radius 3 is 2.88 bits per heavy atom. The van der Waals surface area contributed by atoms with Crippen LogP contribution in [0.25, 0.3) is 0 Å². The number of nitrogens with one attached hydrogen (secondary N) is 1. The third-order valence-electron chi connectivity index (χ3n) is 4.62. The van der Waals surface area contributed by atoms with E-state index in [0.717, 1.165) is 23.1 Å². The van der Waals surface area contributed by atoms with Gasteiger partial charge in [-0.05, 0) is 13.0 Å². The van der Waals surface area contributed by atoms with Crippen molar-refractivity contribution in [2.75, 3.05) is 13.7 Å². The van der Waals surface area contributed by atoms with E-state index in [1.54, 1.807) is 6.92 Å². The fourth-order valence-corrected chi connectivity index (χ4v) is 3.39. The van der Waals surface area contributed by atoms with E-state index in [9.17, 15) is 24.1 Å². The van der Waals surface area contributed by atoms with Crippen LogP contribution in [0, 0.1) is 21.8 Å². The van der Waals surface area contributed by atoms with Gasteiger partial charge in [-0.2, -0.15) is 0 Å². The van der Waals surface area contributed by atoms with Crippen molar-refractivity contribution in [3.63, 3.8) is 0 Å². The van der Waals surface area contributed by atoms with Gasteiger partial charge in [0.1, 0.15) is 11.4 Å². The van der Waals surface area contributed by atoms with E-state index in [-0.39, 0.29) is 23.8 Å². The summed E-state index contributed by atoms with van der Waals surface area (Å²) in [4.78, 5) is 39.5. The second-order valence-corrected chi connectivity index (χ2v) is 6.10. The number of benzene rings is 1. The number of nitro benzene ring substituents is 1. The fourth-order valence-electron chi connectivity index (χ4n) is 3.39. The maximum absolute atomic E-state index is 14.6. The first-order valence-electron chi connectivity index (χ1n) is 7.61. The first-order chi connectivity index (χ1) is 12.2. The maximum atomic E-state index is 14.6. The third-order valence-corrected chi connectivity index (χ3v) is 4.62. The summed E-state index contributed by atoms with van der Waals surface area (Å²) in [6, 6.07) is 2.93. The number of guanidine groups is 1. The summed E-state index contributed by atoms with van der Waals surface area (Å²) in [6.45, 7) is 1.39. The molecule has 0 bridgehead atoms. The molecule has 0 aliphatic carbocycles. The summed E-state index contributed by atoms with van der Waals surface area (Å²) < 4.78 is 20.1. The summed E-state index contributed by atoms with van der Waals surface area (Å²) in [7, 11) is 1.33. The van der Waals surface area contributed by atoms with Gasteiger partial charge in [0.15, 0.2) is 0 Å². The molecule has 0 saturated carbocycles. The molecule has 2 N–H and O–H groups in total. The minimum atomic E-state index is -1.60. The highest BCUT2D eigenvalue weighted by Crippen LogP contribution is 2.47. The van der Waals surface area contributed by atoms with Crippen molar-refractivity contribution >= 4 is 23.6 Å². The Morgan fingerprint density at radius 1 is 1.58 bits per heavy atom. The molecule has 26 heavy (non-hydrogen) atoms. The average Bonchev–Trinajstić information content (AvgIpc) is 2.90. The zero-order valence-electron chi connectivity index (χ0n) is 13.8. The summed E-state index contributed by atoms with van der Waals surface area (Å²) >= 11 is 0. The number of halogens is 1. The highest BCUT2D eigenvalue weighted by atomic mass is 19.1. The molecule has 1 saturated heterocycles. The Balaban J connectivity index is 2.25. The van der Waals surface area contributed by atoms with Gasteiger partial charge in [0.25, 0.3) is 5.69 Å². The number of amides is 2. The second kappa shape index (κ2) is 6.02. The van der Waals surface area contributed by atoms with E-state index in [1.807, 2.05) is 5.32 Å². The van der Waals surface area contributed by atoms with Crippen LogP contribution in [0.15, 0.2) is 23.2 Å². The lowest BCUT2D eigenvalue weighted by Crippen LogP contribution is -2.57. The molecule has 2 heterocycles. The van der Waals surface area contributed by atoms with Gasteiger partial charge in [0.05, 0.1) is 23.6 Å². The first kappa shape index (κ1) is 17.7. The van der Waals surface area contributed by atoms with E-state index in [4.69, 9.17) is 9.84 Å². The van der Waals surface area contributed by atoms with Crippen molar-refractivity contribution in [2.24, 2.45) is 10.9 Å². The van der Waals surface area contributed by atoms with Gasteiger partial charge >= 0.3 is 6.09 Å². The van der Waals surface area contributed by atoms with Gasteiger partial charge in [-0.1, -0.05) is 0 Å². The van der Waals surface area contributed by atoms with Crippen LogP contribution in [0.3, 0.4) is 0 Å². The van der Waals surface area contributed by atoms with Crippen molar-refractivity contribution in [1.29, 1.82) is 0 Å². The van der Waals surface area contributed by atoms with Crippen LogP contribution in [-0.2, 0) is 15.1 Å². The zero-order chi connectivity index (χ0) is 19.2. The number of rotatable bonds is 2. The number of carbonyl (C=O) groups is 2. The van der Waals surface area contributed by atoms with Crippen LogP contribution in [0.1, 0.15) is 12.5 Å². The molecule has 1 aromatic carbocycles. The molecule has 11 heteroatoms. The van der Waals surface area contributed by atoms with E-state index in [0.29, 0.717) is 0 Å². The molecule has 0 unspecified atom stereocenters. The number of ether oxygens (including phenoxy) is 1. The molecule has 3 rings (SSSR count). The van der Waals surface area contributed by atoms with Crippen molar-refractivity contribution in [3.8, 4) is 0 Å². The maximum Gasteiger partial charge on any atom is 0.411 e. The number of nitro groups is 1. The highest BCUT2D eigenvalue weighted by molar-refractivity contribution is 6.05. The lowest BCUT2D eigenvalue weighted by Gasteiger charge is -2.39. The summed E-state index contributed by atoms with van der Waals surface area (Å²) in [5.74, 6) is -2.58. The molecule has 2 aliphatic rings. The van der Waals surface area contributed by atoms with Crippen molar-refractivity contribution < 1.29 is 28.7 Å². The molecule has 1 fully saturated rings. The topological polar surface area (TPSA) is 134 Å². The van der Waals surface area contributed by atoms with Gasteiger partial charge in [-0.3, -0.25) is 25.1 Å². The zero-order valence-corrected chi connectivity index (χ0v) is 13.8. The van der Waals surface area contributed by atoms with Crippen LogP contribution in [-0.4, -0.2) is 52.6 Å². The lowest BCUT2D eigenvalue weighted by atomic mass is 9.76. The summed E-state index contributed by atoms with van der Waals surface area (Å²) in [5.41, 5.74) is -2.16. The predicted octanol–water partition coefficient (Wildman–Crippen LogP) is 1.06. The molecular weight excluding hydrogens is 351 g/mol. The average molecular weight is 366 g/mol. The third kappa shape index (κ3) is 2.56. The lowest BCUT2D eigenvalue weighted by molar-refractivity contribution is -0.385. The fraction of sp³-hybridized carbons (Fsp3) is 0.400. The molecule has 2 aliphatic heterocycles. The van der Waals surface area contributed by atoms with Gasteiger partial charge in [0, 0.05) is 24.7 Å². The Labute approximate surface area is 146 Å². The highest BCUT2D eigenvalue weighted by Gasteiger charge is 2.58. The minimum Gasteiger partial charge on any atom is -0.465 e. The molecule has 3 atom stereocenters. The number of nitrogens with zero attached hydrogens (tertiary/aromatic N) is 3. The van der Waals surface area contributed by atoms with E-state index in [1.165, 1.54) is 7.05 Å². The largest absolute Gasteiger partial charge is 0.465 e. The Hall–Kier alpha value is -3.08. The standard InChI is InChI=1S/C15H15FN4O6/c1-7-11-12(21)19(2)13(17-14(22)23)18-15(11,6-26-7)9-5-8(20(24)25)3-4-10(9)16/h3-5,7,11H,6H2,1-2H3,(H,17,18)(H,22,23)/t7-,11+,15-/m1/s1. The Bertz CT molecular complexity index is 843. The van der Waals surface area contributed by atoms with E-state index in [2.05, 4.69) is 4.99 Å². The number of aliphatic imine (C=N–C) groups is 1. The molecule has 0 aromatic heterocycles. The van der Waals surface area contributed by atoms with E-state index < -0.39 is 40.3 Å². The van der Waals surface area contributed by atoms with Crippen LogP contribution in [0.5, 0.6) is 0 Å². The van der Waals surface area contributed by atoms with E-state index >= 15 is 0 Å². The van der Waals surface area contributed by atoms with Gasteiger partial charge in [-0.25, -0.2) is 14.2 Å². The molecule has 1 aromatic rings. The number of non-ortho nitro benzene ring substituents is 1. The van der Waals surface area contributed by atoms with Crippen molar-refractivity contribution in [2.45, 2.75) is 18.6 Å². The van der Waals surface area contributed by atoms with Gasteiger partial charge in [-0.15, -0.1) is 0 Å². The number of hydrogen-bond donors (Lipinski definition) is 2. The molecule has 138 valence electrons. The van der Waals surface area contributed by atoms with Crippen LogP contribution < -0.4 is 5.32 Å². The van der Waals surface area contributed by atoms with Gasteiger partial charge < -0.3 is 9.84 Å². The quantitative estimate of drug-likeness (QED) is 0.594. The van der Waals surface area contributed by atoms with Crippen molar-refractivity contribution in [1.82, 2.24) is 10.2 Å². The van der Waals surface area contributed by atoms with Crippen LogP contribution in [0.2, 0.25) is 0 Å². The number of hydrogen-bond acceptors (Lipinski definition) is 6. The minimum absolute atomic E-state index is 0.188. The smallest absolute Gasteiger partial charge is 0.411 e. The SMILES string of the molecule is C[C@H]1OC[C@]2(c3cc([N+](=O)[O-])ccc3F)N=C(NC(=O)O)N(C)C(=O)[C@H]12. The molecule has 10 nitrogen and oxygen atoms in total. The second-order valence-electron chi connectivity index (χ2n) is 6.10. The summed E-state index contributed by atoms with van der Waals surface area (Å²) in [6.07, 6.45) is -2.10. The molecule has 2 amide bonds. The monoisotopic (exact) mass is 366 g/mol. The van der Waals surface area contributed by atoms with Crippen molar-refractivity contribution in [3.05, 3.63) is 39.7 Å². The Morgan fingerprint density at radius 2 is 2.27 bits per heavy atom. The predicted molar refractivity (Wildman–Crippen MR) is 85.0 cm³/mol. The van der Waals surface area contributed by atoms with Gasteiger partial charge in [0.2, 0.25) is 11.9 Å². The normalized spacial score (nSPS) is 27.7. The molecular formula is C15H15FN4O6.